The Kier molecular flexibility index (Phi) is 4.75. The van der Waals surface area contributed by atoms with E-state index in [0.717, 1.165) is 10.0 Å². The molecular weight excluding hydrogens is 334 g/mol. The zero-order valence-corrected chi connectivity index (χ0v) is 12.9. The Bertz CT molecular complexity index is 667. The molecule has 0 spiro atoms. The molecule has 1 unspecified atom stereocenters. The van der Waals surface area contributed by atoms with Crippen molar-refractivity contribution in [1.29, 1.82) is 0 Å². The van der Waals surface area contributed by atoms with Crippen LogP contribution in [0.25, 0.3) is 0 Å². The molecule has 0 aliphatic carbocycles. The molecule has 1 amide bonds. The number of aromatic carboxylic acids is 1. The number of carbonyl (C=O) groups is 2. The van der Waals surface area contributed by atoms with E-state index in [-0.39, 0.29) is 17.5 Å². The van der Waals surface area contributed by atoms with Crippen molar-refractivity contribution in [2.45, 2.75) is 13.0 Å². The van der Waals surface area contributed by atoms with Crippen LogP contribution in [0, 0.1) is 0 Å². The lowest BCUT2D eigenvalue weighted by molar-refractivity contribution is 0.0697. The van der Waals surface area contributed by atoms with Gasteiger partial charge in [-0.05, 0) is 42.8 Å². The van der Waals surface area contributed by atoms with Crippen molar-refractivity contribution < 1.29 is 14.7 Å². The minimum Gasteiger partial charge on any atom is -0.478 e. The van der Waals surface area contributed by atoms with Gasteiger partial charge in [0.1, 0.15) is 0 Å². The van der Waals surface area contributed by atoms with Gasteiger partial charge in [-0.2, -0.15) is 0 Å². The van der Waals surface area contributed by atoms with Gasteiger partial charge < -0.3 is 10.4 Å². The van der Waals surface area contributed by atoms with Crippen LogP contribution >= 0.6 is 15.9 Å². The maximum absolute atomic E-state index is 12.2. The maximum Gasteiger partial charge on any atom is 0.335 e. The summed E-state index contributed by atoms with van der Waals surface area (Å²) in [5, 5.41) is 11.8. The number of carboxylic acids is 1. The summed E-state index contributed by atoms with van der Waals surface area (Å²) in [6.07, 6.45) is 0. The summed E-state index contributed by atoms with van der Waals surface area (Å²) < 4.78 is 0.971. The minimum absolute atomic E-state index is 0.0962. The highest BCUT2D eigenvalue weighted by molar-refractivity contribution is 9.10. The SMILES string of the molecule is CC(NC(=O)c1cccc(C(=O)O)c1)c1ccc(Br)cc1. The van der Waals surface area contributed by atoms with E-state index in [1.165, 1.54) is 12.1 Å². The van der Waals surface area contributed by atoms with Gasteiger partial charge in [-0.3, -0.25) is 4.79 Å². The van der Waals surface area contributed by atoms with Crippen LogP contribution in [-0.4, -0.2) is 17.0 Å². The van der Waals surface area contributed by atoms with Gasteiger partial charge in [0.15, 0.2) is 0 Å². The lowest BCUT2D eigenvalue weighted by atomic mass is 10.1. The molecule has 2 aromatic carbocycles. The van der Waals surface area contributed by atoms with Crippen molar-refractivity contribution in [3.8, 4) is 0 Å². The number of hydrogen-bond acceptors (Lipinski definition) is 2. The lowest BCUT2D eigenvalue weighted by Crippen LogP contribution is -2.26. The molecule has 0 saturated heterocycles. The van der Waals surface area contributed by atoms with Gasteiger partial charge in [-0.1, -0.05) is 34.1 Å². The molecule has 4 nitrogen and oxygen atoms in total. The van der Waals surface area contributed by atoms with Crippen LogP contribution in [0.15, 0.2) is 53.0 Å². The summed E-state index contributed by atoms with van der Waals surface area (Å²) in [6.45, 7) is 1.88. The van der Waals surface area contributed by atoms with Gasteiger partial charge in [0.05, 0.1) is 11.6 Å². The van der Waals surface area contributed by atoms with E-state index < -0.39 is 5.97 Å². The summed E-state index contributed by atoms with van der Waals surface area (Å²) in [5.41, 5.74) is 1.40. The highest BCUT2D eigenvalue weighted by Gasteiger charge is 2.13. The minimum atomic E-state index is -1.05. The van der Waals surface area contributed by atoms with Crippen LogP contribution in [0.3, 0.4) is 0 Å². The second-order valence-corrected chi connectivity index (χ2v) is 5.55. The van der Waals surface area contributed by atoms with Crippen molar-refractivity contribution in [3.63, 3.8) is 0 Å². The van der Waals surface area contributed by atoms with Gasteiger partial charge >= 0.3 is 5.97 Å². The first-order valence-electron chi connectivity index (χ1n) is 6.37. The molecule has 5 heteroatoms. The Morgan fingerprint density at radius 3 is 2.33 bits per heavy atom. The third-order valence-electron chi connectivity index (χ3n) is 3.09. The number of nitrogens with one attached hydrogen (secondary N) is 1. The van der Waals surface area contributed by atoms with Gasteiger partial charge in [-0.25, -0.2) is 4.79 Å². The molecule has 108 valence electrons. The van der Waals surface area contributed by atoms with E-state index in [9.17, 15) is 9.59 Å². The fraction of sp³-hybridized carbons (Fsp3) is 0.125. The normalized spacial score (nSPS) is 11.7. The zero-order valence-electron chi connectivity index (χ0n) is 11.3. The van der Waals surface area contributed by atoms with Crippen molar-refractivity contribution in [3.05, 3.63) is 69.7 Å². The number of hydrogen-bond donors (Lipinski definition) is 2. The fourth-order valence-electron chi connectivity index (χ4n) is 1.91. The summed E-state index contributed by atoms with van der Waals surface area (Å²) in [7, 11) is 0. The second kappa shape index (κ2) is 6.54. The summed E-state index contributed by atoms with van der Waals surface area (Å²) in [4.78, 5) is 23.1. The second-order valence-electron chi connectivity index (χ2n) is 4.63. The first-order valence-corrected chi connectivity index (χ1v) is 7.16. The quantitative estimate of drug-likeness (QED) is 0.887. The number of rotatable bonds is 4. The maximum atomic E-state index is 12.2. The van der Waals surface area contributed by atoms with E-state index in [0.29, 0.717) is 5.56 Å². The average Bonchev–Trinajstić information content (AvgIpc) is 2.48. The summed E-state index contributed by atoms with van der Waals surface area (Å²) in [6, 6.07) is 13.5. The summed E-state index contributed by atoms with van der Waals surface area (Å²) >= 11 is 3.36. The molecule has 0 saturated carbocycles. The topological polar surface area (TPSA) is 66.4 Å². The van der Waals surface area contributed by atoms with Crippen molar-refractivity contribution in [2.75, 3.05) is 0 Å². The lowest BCUT2D eigenvalue weighted by Gasteiger charge is -2.14. The van der Waals surface area contributed by atoms with E-state index in [4.69, 9.17) is 5.11 Å². The molecule has 1 atom stereocenters. The largest absolute Gasteiger partial charge is 0.478 e. The van der Waals surface area contributed by atoms with E-state index in [1.54, 1.807) is 12.1 Å². The van der Waals surface area contributed by atoms with E-state index >= 15 is 0 Å². The highest BCUT2D eigenvalue weighted by atomic mass is 79.9. The van der Waals surface area contributed by atoms with Gasteiger partial charge in [0.25, 0.3) is 5.91 Å². The zero-order chi connectivity index (χ0) is 15.4. The van der Waals surface area contributed by atoms with Gasteiger partial charge in [0.2, 0.25) is 0 Å². The van der Waals surface area contributed by atoms with Crippen molar-refractivity contribution >= 4 is 27.8 Å². The molecule has 0 bridgehead atoms. The monoisotopic (exact) mass is 347 g/mol. The highest BCUT2D eigenvalue weighted by Crippen LogP contribution is 2.17. The molecule has 2 rings (SSSR count). The molecule has 2 N–H and O–H groups in total. The predicted molar refractivity (Wildman–Crippen MR) is 83.4 cm³/mol. The average molecular weight is 348 g/mol. The molecule has 0 aliphatic rings. The van der Waals surface area contributed by atoms with Crippen molar-refractivity contribution in [2.24, 2.45) is 0 Å². The molecule has 2 aromatic rings. The first kappa shape index (κ1) is 15.3. The Morgan fingerprint density at radius 2 is 1.71 bits per heavy atom. The van der Waals surface area contributed by atoms with Crippen LogP contribution in [0.5, 0.6) is 0 Å². The number of halogens is 1. The van der Waals surface area contributed by atoms with Crippen LogP contribution in [0.2, 0.25) is 0 Å². The predicted octanol–water partition coefficient (Wildman–Crippen LogP) is 3.64. The number of carboxylic acid groups (broad SMARTS) is 1. The smallest absolute Gasteiger partial charge is 0.335 e. The third kappa shape index (κ3) is 3.92. The number of carbonyl (C=O) groups excluding carboxylic acids is 1. The molecule has 0 fully saturated rings. The van der Waals surface area contributed by atoms with E-state index in [2.05, 4.69) is 21.2 Å². The van der Waals surface area contributed by atoms with Crippen LogP contribution in [0.4, 0.5) is 0 Å². The van der Waals surface area contributed by atoms with E-state index in [1.807, 2.05) is 31.2 Å². The summed E-state index contributed by atoms with van der Waals surface area (Å²) in [5.74, 6) is -1.35. The molecule has 21 heavy (non-hydrogen) atoms. The van der Waals surface area contributed by atoms with Crippen molar-refractivity contribution in [1.82, 2.24) is 5.32 Å². The van der Waals surface area contributed by atoms with Crippen LogP contribution in [-0.2, 0) is 0 Å². The third-order valence-corrected chi connectivity index (χ3v) is 3.62. The standard InChI is InChI=1S/C16H14BrNO3/c1-10(11-5-7-14(17)8-6-11)18-15(19)12-3-2-4-13(9-12)16(20)21/h2-10H,1H3,(H,18,19)(H,20,21). The molecular formula is C16H14BrNO3. The van der Waals surface area contributed by atoms with Gasteiger partial charge in [0, 0.05) is 10.0 Å². The molecule has 0 aliphatic heterocycles. The Hall–Kier alpha value is -2.14. The Labute approximate surface area is 130 Å². The molecule has 0 radical (unpaired) electrons. The fourth-order valence-corrected chi connectivity index (χ4v) is 2.17. The molecule has 0 heterocycles. The number of amides is 1. The number of benzene rings is 2. The Morgan fingerprint density at radius 1 is 1.10 bits per heavy atom. The van der Waals surface area contributed by atoms with Gasteiger partial charge in [-0.15, -0.1) is 0 Å². The Balaban J connectivity index is 2.12. The van der Waals surface area contributed by atoms with Crippen LogP contribution in [0.1, 0.15) is 39.2 Å². The molecule has 0 aromatic heterocycles. The first-order chi connectivity index (χ1) is 9.97. The van der Waals surface area contributed by atoms with Crippen LogP contribution < -0.4 is 5.32 Å².